The lowest BCUT2D eigenvalue weighted by atomic mass is 10.2. The van der Waals surface area contributed by atoms with Crippen LogP contribution in [0.25, 0.3) is 0 Å². The van der Waals surface area contributed by atoms with E-state index in [9.17, 15) is 9.59 Å². The van der Waals surface area contributed by atoms with Gasteiger partial charge in [-0.2, -0.15) is 0 Å². The average molecular weight is 347 g/mol. The van der Waals surface area contributed by atoms with Crippen molar-refractivity contribution in [3.63, 3.8) is 0 Å². The molecule has 0 saturated heterocycles. The molecular weight excluding hydrogens is 326 g/mol. The predicted molar refractivity (Wildman–Crippen MR) is 95.4 cm³/mol. The summed E-state index contributed by atoms with van der Waals surface area (Å²) in [6, 6.07) is 3.32. The molecule has 0 spiro atoms. The van der Waals surface area contributed by atoms with E-state index in [1.807, 2.05) is 13.0 Å². The van der Waals surface area contributed by atoms with Crippen molar-refractivity contribution in [2.45, 2.75) is 31.2 Å². The summed E-state index contributed by atoms with van der Waals surface area (Å²) < 4.78 is 0. The van der Waals surface area contributed by atoms with E-state index in [-0.39, 0.29) is 16.7 Å². The van der Waals surface area contributed by atoms with Crippen LogP contribution >= 0.6 is 11.8 Å². The molecule has 2 heterocycles. The van der Waals surface area contributed by atoms with Crippen molar-refractivity contribution in [3.8, 4) is 0 Å². The highest BCUT2D eigenvalue weighted by Crippen LogP contribution is 2.18. The number of pyridine rings is 1. The molecule has 0 aliphatic rings. The Balaban J connectivity index is 1.77. The van der Waals surface area contributed by atoms with E-state index in [1.165, 1.54) is 17.8 Å². The largest absolute Gasteiger partial charge is 0.383 e. The van der Waals surface area contributed by atoms with Gasteiger partial charge in [0.25, 0.3) is 5.56 Å². The number of amides is 1. The molecule has 24 heavy (non-hydrogen) atoms. The monoisotopic (exact) mass is 347 g/mol. The molecule has 8 heteroatoms. The molecule has 1 atom stereocenters. The minimum Gasteiger partial charge on any atom is -0.383 e. The summed E-state index contributed by atoms with van der Waals surface area (Å²) in [6.07, 6.45) is 3.51. The van der Waals surface area contributed by atoms with E-state index in [2.05, 4.69) is 25.6 Å². The number of anilines is 1. The molecule has 0 radical (unpaired) electrons. The van der Waals surface area contributed by atoms with E-state index in [0.717, 1.165) is 11.3 Å². The third kappa shape index (κ3) is 5.38. The molecule has 3 N–H and O–H groups in total. The Morgan fingerprint density at radius 3 is 2.88 bits per heavy atom. The van der Waals surface area contributed by atoms with Gasteiger partial charge < -0.3 is 15.6 Å². The zero-order valence-corrected chi connectivity index (χ0v) is 14.7. The van der Waals surface area contributed by atoms with Gasteiger partial charge >= 0.3 is 0 Å². The van der Waals surface area contributed by atoms with Crippen LogP contribution in [0.3, 0.4) is 0 Å². The van der Waals surface area contributed by atoms with E-state index in [4.69, 9.17) is 0 Å². The molecular formula is C16H21N5O2S. The Labute approximate surface area is 144 Å². The molecule has 0 unspecified atom stereocenters. The smallest absolute Gasteiger partial charge is 0.251 e. The zero-order valence-electron chi connectivity index (χ0n) is 13.9. The summed E-state index contributed by atoms with van der Waals surface area (Å²) in [5, 5.41) is 6.22. The lowest BCUT2D eigenvalue weighted by Gasteiger charge is -2.13. The number of carbonyl (C=O) groups excluding carboxylic acids is 1. The molecule has 0 fully saturated rings. The molecule has 0 bridgehead atoms. The van der Waals surface area contributed by atoms with Crippen molar-refractivity contribution in [1.82, 2.24) is 20.3 Å². The number of rotatable bonds is 7. The fourth-order valence-electron chi connectivity index (χ4n) is 2.03. The topological polar surface area (TPSA) is 99.8 Å². The standard InChI is InChI=1S/C16H21N5O2S/c1-10-9-17-5-4-13(10)18-6-7-19-15(23)12(3)24-16-20-11(2)8-14(22)21-16/h4-5,8-9,12H,6-7H2,1-3H3,(H,17,18)(H,19,23)(H,20,21,22)/t12-/m0/s1. The van der Waals surface area contributed by atoms with Gasteiger partial charge in [0, 0.05) is 42.9 Å². The van der Waals surface area contributed by atoms with Gasteiger partial charge in [0.1, 0.15) is 0 Å². The zero-order chi connectivity index (χ0) is 17.5. The predicted octanol–water partition coefficient (Wildman–Crippen LogP) is 1.49. The third-order valence-corrected chi connectivity index (χ3v) is 4.25. The first kappa shape index (κ1) is 18.0. The van der Waals surface area contributed by atoms with Crippen LogP contribution in [0.1, 0.15) is 18.2 Å². The minimum atomic E-state index is -0.349. The first-order valence-electron chi connectivity index (χ1n) is 7.62. The van der Waals surface area contributed by atoms with E-state index in [0.29, 0.717) is 23.9 Å². The number of hydrogen-bond donors (Lipinski definition) is 3. The van der Waals surface area contributed by atoms with Crippen molar-refractivity contribution in [2.75, 3.05) is 18.4 Å². The molecule has 0 saturated carbocycles. The number of aromatic amines is 1. The summed E-state index contributed by atoms with van der Waals surface area (Å²) in [4.78, 5) is 34.4. The summed E-state index contributed by atoms with van der Waals surface area (Å²) in [7, 11) is 0. The van der Waals surface area contributed by atoms with Gasteiger partial charge in [0.2, 0.25) is 5.91 Å². The second kappa shape index (κ2) is 8.49. The third-order valence-electron chi connectivity index (χ3n) is 3.27. The van der Waals surface area contributed by atoms with Crippen LogP contribution in [-0.4, -0.2) is 39.2 Å². The van der Waals surface area contributed by atoms with Crippen molar-refractivity contribution < 1.29 is 4.79 Å². The first-order chi connectivity index (χ1) is 11.5. The van der Waals surface area contributed by atoms with Crippen LogP contribution in [0.2, 0.25) is 0 Å². The molecule has 2 rings (SSSR count). The van der Waals surface area contributed by atoms with Crippen LogP contribution in [0.4, 0.5) is 5.69 Å². The van der Waals surface area contributed by atoms with Crippen LogP contribution in [0.5, 0.6) is 0 Å². The number of nitrogens with one attached hydrogen (secondary N) is 3. The van der Waals surface area contributed by atoms with Crippen molar-refractivity contribution in [2.24, 2.45) is 0 Å². The number of aromatic nitrogens is 3. The highest BCUT2D eigenvalue weighted by Gasteiger charge is 2.15. The van der Waals surface area contributed by atoms with Gasteiger partial charge in [-0.25, -0.2) is 4.98 Å². The van der Waals surface area contributed by atoms with E-state index in [1.54, 1.807) is 26.2 Å². The van der Waals surface area contributed by atoms with Crippen LogP contribution in [0, 0.1) is 13.8 Å². The second-order valence-corrected chi connectivity index (χ2v) is 6.69. The fourth-order valence-corrected chi connectivity index (χ4v) is 2.91. The molecule has 0 aliphatic carbocycles. The normalized spacial score (nSPS) is 11.8. The lowest BCUT2D eigenvalue weighted by Crippen LogP contribution is -2.34. The maximum absolute atomic E-state index is 12.1. The lowest BCUT2D eigenvalue weighted by molar-refractivity contribution is -0.120. The number of aryl methyl sites for hydroxylation is 2. The summed E-state index contributed by atoms with van der Waals surface area (Å²) in [5.74, 6) is -0.0996. The van der Waals surface area contributed by atoms with Gasteiger partial charge in [-0.1, -0.05) is 11.8 Å². The number of hydrogen-bond acceptors (Lipinski definition) is 6. The van der Waals surface area contributed by atoms with Crippen LogP contribution in [-0.2, 0) is 4.79 Å². The Morgan fingerprint density at radius 2 is 2.17 bits per heavy atom. The van der Waals surface area contributed by atoms with Crippen LogP contribution < -0.4 is 16.2 Å². The highest BCUT2D eigenvalue weighted by atomic mass is 32.2. The molecule has 128 valence electrons. The van der Waals surface area contributed by atoms with Gasteiger partial charge in [-0.05, 0) is 32.4 Å². The Bertz CT molecular complexity index is 762. The van der Waals surface area contributed by atoms with Gasteiger partial charge in [0.15, 0.2) is 5.16 Å². The number of nitrogens with zero attached hydrogens (tertiary/aromatic N) is 2. The maximum atomic E-state index is 12.1. The fraction of sp³-hybridized carbons (Fsp3) is 0.375. The number of H-pyrrole nitrogens is 1. The summed E-state index contributed by atoms with van der Waals surface area (Å²) in [5.41, 5.74) is 2.48. The average Bonchev–Trinajstić information content (AvgIpc) is 2.51. The van der Waals surface area contributed by atoms with Gasteiger partial charge in [0.05, 0.1) is 5.25 Å². The quantitative estimate of drug-likeness (QED) is 0.399. The van der Waals surface area contributed by atoms with Crippen molar-refractivity contribution in [1.29, 1.82) is 0 Å². The molecule has 2 aromatic heterocycles. The Morgan fingerprint density at radius 1 is 1.38 bits per heavy atom. The molecule has 0 aromatic carbocycles. The number of carbonyl (C=O) groups is 1. The van der Waals surface area contributed by atoms with E-state index >= 15 is 0 Å². The molecule has 7 nitrogen and oxygen atoms in total. The minimum absolute atomic E-state index is 0.0996. The first-order valence-corrected chi connectivity index (χ1v) is 8.50. The van der Waals surface area contributed by atoms with E-state index < -0.39 is 0 Å². The molecule has 1 amide bonds. The number of thioether (sulfide) groups is 1. The van der Waals surface area contributed by atoms with Gasteiger partial charge in [-0.15, -0.1) is 0 Å². The second-order valence-electron chi connectivity index (χ2n) is 5.36. The maximum Gasteiger partial charge on any atom is 0.251 e. The van der Waals surface area contributed by atoms with Gasteiger partial charge in [-0.3, -0.25) is 14.6 Å². The summed E-state index contributed by atoms with van der Waals surface area (Å²) in [6.45, 7) is 6.62. The summed E-state index contributed by atoms with van der Waals surface area (Å²) >= 11 is 1.23. The van der Waals surface area contributed by atoms with Crippen LogP contribution in [0.15, 0.2) is 34.5 Å². The Hall–Kier alpha value is -2.35. The molecule has 0 aliphatic heterocycles. The van der Waals surface area contributed by atoms with Crippen molar-refractivity contribution >= 4 is 23.4 Å². The molecule has 2 aromatic rings. The highest BCUT2D eigenvalue weighted by molar-refractivity contribution is 8.00. The Kier molecular flexibility index (Phi) is 6.36. The van der Waals surface area contributed by atoms with Crippen molar-refractivity contribution in [3.05, 3.63) is 46.1 Å². The SMILES string of the molecule is Cc1cc(=O)[nH]c(S[C@@H](C)C(=O)NCCNc2ccncc2C)n1.